The second-order valence-corrected chi connectivity index (χ2v) is 8.86. The summed E-state index contributed by atoms with van der Waals surface area (Å²) in [5, 5.41) is 1.21. The number of nitrogens with zero attached hydrogens (tertiary/aromatic N) is 2. The molecule has 3 atom stereocenters. The summed E-state index contributed by atoms with van der Waals surface area (Å²) in [6.07, 6.45) is 4.13. The maximum Gasteiger partial charge on any atom is 0.329 e. The molecule has 3 aliphatic heterocycles. The van der Waals surface area contributed by atoms with Crippen molar-refractivity contribution in [1.82, 2.24) is 9.47 Å². The zero-order valence-corrected chi connectivity index (χ0v) is 17.3. The molecule has 148 valence electrons. The van der Waals surface area contributed by atoms with Gasteiger partial charge in [0.15, 0.2) is 0 Å². The minimum atomic E-state index is -0.350. The third-order valence-corrected chi connectivity index (χ3v) is 7.60. The van der Waals surface area contributed by atoms with Crippen molar-refractivity contribution in [2.45, 2.75) is 45.2 Å². The molecule has 3 unspecified atom stereocenters. The third kappa shape index (κ3) is 1.93. The molecule has 4 heterocycles. The van der Waals surface area contributed by atoms with E-state index in [0.717, 1.165) is 37.2 Å². The van der Waals surface area contributed by atoms with Crippen LogP contribution in [0.2, 0.25) is 0 Å². The standard InChI is InChI=1S/C23H28N2O3/c1-6-14-12-24-10-9-16-17-11-15(27-4)7-8-18(17)25-19(16)23(24,3)13-22(14,2)20(25)21(26)28-5/h6-8,11,20H,9-10,12-13H2,1-5H3. The van der Waals surface area contributed by atoms with Gasteiger partial charge in [0, 0.05) is 35.1 Å². The maximum absolute atomic E-state index is 13.2. The van der Waals surface area contributed by atoms with Crippen LogP contribution in [0, 0.1) is 5.41 Å². The van der Waals surface area contributed by atoms with Gasteiger partial charge in [0.05, 0.1) is 19.8 Å². The Bertz CT molecular complexity index is 1040. The Labute approximate surface area is 165 Å². The van der Waals surface area contributed by atoms with Gasteiger partial charge in [-0.15, -0.1) is 0 Å². The number of rotatable bonds is 2. The summed E-state index contributed by atoms with van der Waals surface area (Å²) in [5.74, 6) is 0.704. The highest BCUT2D eigenvalue weighted by molar-refractivity contribution is 5.91. The fraction of sp³-hybridized carbons (Fsp3) is 0.522. The maximum atomic E-state index is 13.2. The first-order chi connectivity index (χ1) is 13.4. The molecule has 0 spiro atoms. The lowest BCUT2D eigenvalue weighted by Crippen LogP contribution is -2.63. The predicted octanol–water partition coefficient (Wildman–Crippen LogP) is 3.81. The summed E-state index contributed by atoms with van der Waals surface area (Å²) in [6.45, 7) is 8.66. The van der Waals surface area contributed by atoms with E-state index in [1.54, 1.807) is 7.11 Å². The normalized spacial score (nSPS) is 32.6. The van der Waals surface area contributed by atoms with Crippen molar-refractivity contribution in [3.63, 3.8) is 0 Å². The second kappa shape index (κ2) is 5.63. The lowest BCUT2D eigenvalue weighted by molar-refractivity contribution is -0.152. The molecule has 3 aliphatic rings. The highest BCUT2D eigenvalue weighted by Crippen LogP contribution is 2.61. The van der Waals surface area contributed by atoms with E-state index in [1.165, 1.54) is 29.3 Å². The number of ether oxygens (including phenoxy) is 2. The summed E-state index contributed by atoms with van der Waals surface area (Å²) in [7, 11) is 3.21. The molecular formula is C23H28N2O3. The fourth-order valence-corrected chi connectivity index (χ4v) is 6.36. The lowest BCUT2D eigenvalue weighted by atomic mass is 9.59. The predicted molar refractivity (Wildman–Crippen MR) is 109 cm³/mol. The van der Waals surface area contributed by atoms with E-state index in [9.17, 15) is 4.79 Å². The summed E-state index contributed by atoms with van der Waals surface area (Å²) in [6, 6.07) is 5.88. The number of esters is 1. The van der Waals surface area contributed by atoms with E-state index < -0.39 is 0 Å². The molecule has 5 nitrogen and oxygen atoms in total. The van der Waals surface area contributed by atoms with Crippen molar-refractivity contribution in [1.29, 1.82) is 0 Å². The van der Waals surface area contributed by atoms with Crippen molar-refractivity contribution in [3.05, 3.63) is 41.1 Å². The van der Waals surface area contributed by atoms with Crippen molar-refractivity contribution in [3.8, 4) is 5.75 Å². The number of carbonyl (C=O) groups excluding carboxylic acids is 1. The van der Waals surface area contributed by atoms with E-state index >= 15 is 0 Å². The number of hydrogen-bond donors (Lipinski definition) is 0. The quantitative estimate of drug-likeness (QED) is 0.587. The van der Waals surface area contributed by atoms with Crippen molar-refractivity contribution < 1.29 is 14.3 Å². The Morgan fingerprint density at radius 3 is 2.75 bits per heavy atom. The van der Waals surface area contributed by atoms with E-state index in [1.807, 2.05) is 6.07 Å². The van der Waals surface area contributed by atoms with Gasteiger partial charge in [-0.25, -0.2) is 4.79 Å². The van der Waals surface area contributed by atoms with E-state index in [2.05, 4.69) is 48.4 Å². The van der Waals surface area contributed by atoms with Gasteiger partial charge in [0.25, 0.3) is 0 Å². The van der Waals surface area contributed by atoms with Crippen LogP contribution in [0.3, 0.4) is 0 Å². The van der Waals surface area contributed by atoms with Crippen LogP contribution in [0.5, 0.6) is 5.75 Å². The average molecular weight is 380 g/mol. The Morgan fingerprint density at radius 1 is 1.29 bits per heavy atom. The molecule has 0 saturated carbocycles. The minimum absolute atomic E-state index is 0.0778. The molecular weight excluding hydrogens is 352 g/mol. The van der Waals surface area contributed by atoms with Gasteiger partial charge >= 0.3 is 5.97 Å². The molecule has 1 saturated heterocycles. The fourth-order valence-electron chi connectivity index (χ4n) is 6.36. The molecule has 1 aromatic carbocycles. The Hall–Kier alpha value is -2.27. The first-order valence-corrected chi connectivity index (χ1v) is 10.1. The van der Waals surface area contributed by atoms with Gasteiger partial charge in [-0.1, -0.05) is 18.6 Å². The topological polar surface area (TPSA) is 43.7 Å². The number of piperidine rings is 1. The van der Waals surface area contributed by atoms with Gasteiger partial charge < -0.3 is 14.0 Å². The van der Waals surface area contributed by atoms with Gasteiger partial charge in [-0.2, -0.15) is 0 Å². The number of allylic oxidation sites excluding steroid dienone is 1. The zero-order valence-electron chi connectivity index (χ0n) is 17.3. The summed E-state index contributed by atoms with van der Waals surface area (Å²) in [4.78, 5) is 15.8. The van der Waals surface area contributed by atoms with Crippen molar-refractivity contribution in [2.75, 3.05) is 27.3 Å². The van der Waals surface area contributed by atoms with Crippen LogP contribution in [0.25, 0.3) is 10.9 Å². The molecule has 0 amide bonds. The number of aromatic nitrogens is 1. The van der Waals surface area contributed by atoms with Crippen molar-refractivity contribution >= 4 is 16.9 Å². The molecule has 5 rings (SSSR count). The van der Waals surface area contributed by atoms with Crippen molar-refractivity contribution in [2.24, 2.45) is 5.41 Å². The monoisotopic (exact) mass is 380 g/mol. The van der Waals surface area contributed by atoms with Gasteiger partial charge in [-0.3, -0.25) is 4.90 Å². The molecule has 0 aliphatic carbocycles. The van der Waals surface area contributed by atoms with Gasteiger partial charge in [0.1, 0.15) is 11.8 Å². The number of carbonyl (C=O) groups is 1. The highest BCUT2D eigenvalue weighted by Gasteiger charge is 2.61. The molecule has 1 fully saturated rings. The molecule has 0 radical (unpaired) electrons. The molecule has 2 bridgehead atoms. The number of hydrogen-bond acceptors (Lipinski definition) is 4. The van der Waals surface area contributed by atoms with Crippen LogP contribution >= 0.6 is 0 Å². The number of methoxy groups -OCH3 is 2. The van der Waals surface area contributed by atoms with Gasteiger partial charge in [-0.05, 0) is 50.5 Å². The van der Waals surface area contributed by atoms with Crippen LogP contribution in [0.1, 0.15) is 44.5 Å². The first-order valence-electron chi connectivity index (χ1n) is 10.1. The van der Waals surface area contributed by atoms with Crippen LogP contribution in [0.15, 0.2) is 29.8 Å². The first kappa shape index (κ1) is 17.8. The summed E-state index contributed by atoms with van der Waals surface area (Å²) in [5.41, 5.74) is 4.77. The van der Waals surface area contributed by atoms with E-state index in [-0.39, 0.29) is 23.0 Å². The van der Waals surface area contributed by atoms with Gasteiger partial charge in [0.2, 0.25) is 0 Å². The zero-order chi connectivity index (χ0) is 19.8. The van der Waals surface area contributed by atoms with E-state index in [4.69, 9.17) is 9.47 Å². The van der Waals surface area contributed by atoms with Crippen LogP contribution in [-0.4, -0.2) is 42.7 Å². The molecule has 0 N–H and O–H groups in total. The second-order valence-electron chi connectivity index (χ2n) is 8.86. The average Bonchev–Trinajstić information content (AvgIpc) is 3.01. The SMILES string of the molecule is CC=C1CN2CCc3c4n(c5ccc(OC)cc35)C(C(=O)OC)C1(C)CC42C. The third-order valence-electron chi connectivity index (χ3n) is 7.60. The lowest BCUT2D eigenvalue weighted by Gasteiger charge is -2.61. The number of benzene rings is 1. The Kier molecular flexibility index (Phi) is 3.58. The van der Waals surface area contributed by atoms with E-state index in [0.29, 0.717) is 0 Å². The van der Waals surface area contributed by atoms with Crippen LogP contribution < -0.4 is 4.74 Å². The molecule has 2 aromatic rings. The smallest absolute Gasteiger partial charge is 0.329 e. The summed E-state index contributed by atoms with van der Waals surface area (Å²) >= 11 is 0. The highest BCUT2D eigenvalue weighted by atomic mass is 16.5. The van der Waals surface area contributed by atoms with Crippen LogP contribution in [0.4, 0.5) is 0 Å². The minimum Gasteiger partial charge on any atom is -0.497 e. The summed E-state index contributed by atoms with van der Waals surface area (Å²) < 4.78 is 13.2. The Balaban J connectivity index is 1.92. The Morgan fingerprint density at radius 2 is 2.07 bits per heavy atom. The molecule has 1 aromatic heterocycles. The molecule has 28 heavy (non-hydrogen) atoms. The number of fused-ring (bicyclic) bond motifs is 4. The largest absolute Gasteiger partial charge is 0.497 e. The van der Waals surface area contributed by atoms with Crippen LogP contribution in [-0.2, 0) is 21.5 Å². The molecule has 5 heteroatoms.